The Balaban J connectivity index is 1.69. The molecule has 2 aromatic rings. The van der Waals surface area contributed by atoms with Gasteiger partial charge in [0, 0.05) is 26.2 Å². The SMILES string of the molecule is Cc1ccccc1OCCCC(=O)Nc1ccc(OCC(=O)N(C)C)cc1. The summed E-state index contributed by atoms with van der Waals surface area (Å²) in [5.74, 6) is 1.25. The lowest BCUT2D eigenvalue weighted by Gasteiger charge is -2.12. The van der Waals surface area contributed by atoms with Crippen molar-refractivity contribution in [2.24, 2.45) is 0 Å². The lowest BCUT2D eigenvalue weighted by atomic mass is 10.2. The van der Waals surface area contributed by atoms with Crippen molar-refractivity contribution in [2.45, 2.75) is 19.8 Å². The Kier molecular flexibility index (Phi) is 7.67. The Labute approximate surface area is 160 Å². The van der Waals surface area contributed by atoms with Gasteiger partial charge in [-0.05, 0) is 49.2 Å². The van der Waals surface area contributed by atoms with Crippen LogP contribution in [0.4, 0.5) is 5.69 Å². The number of hydrogen-bond donors (Lipinski definition) is 1. The van der Waals surface area contributed by atoms with Crippen LogP contribution in [0.3, 0.4) is 0 Å². The summed E-state index contributed by atoms with van der Waals surface area (Å²) >= 11 is 0. The van der Waals surface area contributed by atoms with Crippen LogP contribution in [-0.2, 0) is 9.59 Å². The van der Waals surface area contributed by atoms with Crippen LogP contribution in [0.25, 0.3) is 0 Å². The Morgan fingerprint density at radius 2 is 1.70 bits per heavy atom. The first kappa shape index (κ1) is 20.3. The highest BCUT2D eigenvalue weighted by Crippen LogP contribution is 2.17. The summed E-state index contributed by atoms with van der Waals surface area (Å²) in [6, 6.07) is 14.7. The van der Waals surface area contributed by atoms with Gasteiger partial charge in [0.2, 0.25) is 5.91 Å². The van der Waals surface area contributed by atoms with Gasteiger partial charge in [-0.3, -0.25) is 9.59 Å². The molecule has 2 aromatic carbocycles. The summed E-state index contributed by atoms with van der Waals surface area (Å²) in [7, 11) is 3.35. The van der Waals surface area contributed by atoms with Gasteiger partial charge < -0.3 is 19.7 Å². The number of ether oxygens (including phenoxy) is 2. The molecular weight excluding hydrogens is 344 g/mol. The lowest BCUT2D eigenvalue weighted by molar-refractivity contribution is -0.130. The van der Waals surface area contributed by atoms with Crippen molar-refractivity contribution in [1.29, 1.82) is 0 Å². The predicted octanol–water partition coefficient (Wildman–Crippen LogP) is 3.26. The summed E-state index contributed by atoms with van der Waals surface area (Å²) in [6.07, 6.45) is 1.01. The number of nitrogens with zero attached hydrogens (tertiary/aromatic N) is 1. The van der Waals surface area contributed by atoms with Crippen molar-refractivity contribution in [1.82, 2.24) is 4.90 Å². The lowest BCUT2D eigenvalue weighted by Crippen LogP contribution is -2.27. The number of nitrogens with one attached hydrogen (secondary N) is 1. The first-order chi connectivity index (χ1) is 13.0. The number of rotatable bonds is 9. The van der Waals surface area contributed by atoms with E-state index in [-0.39, 0.29) is 18.4 Å². The highest BCUT2D eigenvalue weighted by Gasteiger charge is 2.06. The molecule has 0 heterocycles. The smallest absolute Gasteiger partial charge is 0.259 e. The Hall–Kier alpha value is -3.02. The van der Waals surface area contributed by atoms with E-state index in [1.807, 2.05) is 31.2 Å². The number of benzene rings is 2. The van der Waals surface area contributed by atoms with E-state index in [1.165, 1.54) is 4.90 Å². The summed E-state index contributed by atoms with van der Waals surface area (Å²) in [5.41, 5.74) is 1.77. The molecule has 27 heavy (non-hydrogen) atoms. The molecule has 0 fully saturated rings. The largest absolute Gasteiger partial charge is 0.493 e. The van der Waals surface area contributed by atoms with Crippen molar-refractivity contribution < 1.29 is 19.1 Å². The molecule has 0 bridgehead atoms. The van der Waals surface area contributed by atoms with Crippen LogP contribution in [0.2, 0.25) is 0 Å². The molecule has 0 aromatic heterocycles. The Morgan fingerprint density at radius 3 is 2.37 bits per heavy atom. The average molecular weight is 370 g/mol. The monoisotopic (exact) mass is 370 g/mol. The van der Waals surface area contributed by atoms with Crippen LogP contribution in [-0.4, -0.2) is 44.0 Å². The van der Waals surface area contributed by atoms with E-state index in [9.17, 15) is 9.59 Å². The van der Waals surface area contributed by atoms with Gasteiger partial charge in [0.05, 0.1) is 6.61 Å². The normalized spacial score (nSPS) is 10.2. The zero-order valence-electron chi connectivity index (χ0n) is 16.0. The van der Waals surface area contributed by atoms with Crippen molar-refractivity contribution >= 4 is 17.5 Å². The summed E-state index contributed by atoms with van der Waals surface area (Å²) in [4.78, 5) is 25.0. The van der Waals surface area contributed by atoms with Crippen molar-refractivity contribution in [2.75, 3.05) is 32.6 Å². The number of para-hydroxylation sites is 1. The first-order valence-electron chi connectivity index (χ1n) is 8.87. The third-order valence-electron chi connectivity index (χ3n) is 3.90. The molecule has 0 saturated heterocycles. The molecular formula is C21H26N2O4. The fourth-order valence-corrected chi connectivity index (χ4v) is 2.27. The van der Waals surface area contributed by atoms with E-state index < -0.39 is 0 Å². The molecule has 1 N–H and O–H groups in total. The summed E-state index contributed by atoms with van der Waals surface area (Å²) < 4.78 is 11.1. The van der Waals surface area contributed by atoms with Crippen LogP contribution in [0, 0.1) is 6.92 Å². The second kappa shape index (κ2) is 10.2. The van der Waals surface area contributed by atoms with E-state index in [0.717, 1.165) is 11.3 Å². The van der Waals surface area contributed by atoms with E-state index in [4.69, 9.17) is 9.47 Å². The van der Waals surface area contributed by atoms with Crippen LogP contribution in [0.15, 0.2) is 48.5 Å². The topological polar surface area (TPSA) is 67.9 Å². The molecule has 0 unspecified atom stereocenters. The van der Waals surface area contributed by atoms with Gasteiger partial charge >= 0.3 is 0 Å². The number of carbonyl (C=O) groups is 2. The van der Waals surface area contributed by atoms with Gasteiger partial charge in [0.25, 0.3) is 5.91 Å². The van der Waals surface area contributed by atoms with Gasteiger partial charge in [-0.25, -0.2) is 0 Å². The first-order valence-corrected chi connectivity index (χ1v) is 8.87. The maximum Gasteiger partial charge on any atom is 0.259 e. The second-order valence-corrected chi connectivity index (χ2v) is 6.37. The highest BCUT2D eigenvalue weighted by atomic mass is 16.5. The standard InChI is InChI=1S/C21H26N2O4/c1-16-7-4-5-8-19(16)26-14-6-9-20(24)22-17-10-12-18(13-11-17)27-15-21(25)23(2)3/h4-5,7-8,10-13H,6,9,14-15H2,1-3H3,(H,22,24). The number of carbonyl (C=O) groups excluding carboxylic acids is 2. The molecule has 0 atom stereocenters. The van der Waals surface area contributed by atoms with Crippen molar-refractivity contribution in [3.8, 4) is 11.5 Å². The minimum Gasteiger partial charge on any atom is -0.493 e. The zero-order chi connectivity index (χ0) is 19.6. The average Bonchev–Trinajstić information content (AvgIpc) is 2.65. The Bertz CT molecular complexity index is 757. The maximum absolute atomic E-state index is 12.0. The van der Waals surface area contributed by atoms with E-state index >= 15 is 0 Å². The van der Waals surface area contributed by atoms with E-state index in [2.05, 4.69) is 5.32 Å². The minimum atomic E-state index is -0.111. The molecule has 0 radical (unpaired) electrons. The Morgan fingerprint density at radius 1 is 1.00 bits per heavy atom. The quantitative estimate of drug-likeness (QED) is 0.688. The van der Waals surface area contributed by atoms with Crippen LogP contribution in [0.5, 0.6) is 11.5 Å². The molecule has 0 spiro atoms. The van der Waals surface area contributed by atoms with Crippen LogP contribution >= 0.6 is 0 Å². The molecule has 6 nitrogen and oxygen atoms in total. The molecule has 2 rings (SSSR count). The van der Waals surface area contributed by atoms with E-state index in [1.54, 1.807) is 38.4 Å². The third kappa shape index (κ3) is 7.01. The second-order valence-electron chi connectivity index (χ2n) is 6.37. The fraction of sp³-hybridized carbons (Fsp3) is 0.333. The summed E-state index contributed by atoms with van der Waals surface area (Å²) in [5, 5.41) is 2.84. The fourth-order valence-electron chi connectivity index (χ4n) is 2.27. The third-order valence-corrected chi connectivity index (χ3v) is 3.90. The van der Waals surface area contributed by atoms with Crippen molar-refractivity contribution in [3.05, 3.63) is 54.1 Å². The number of anilines is 1. The number of amides is 2. The molecule has 0 saturated carbocycles. The van der Waals surface area contributed by atoms with Crippen LogP contribution in [0.1, 0.15) is 18.4 Å². The zero-order valence-corrected chi connectivity index (χ0v) is 16.0. The molecule has 0 aliphatic rings. The van der Waals surface area contributed by atoms with Gasteiger partial charge in [-0.15, -0.1) is 0 Å². The van der Waals surface area contributed by atoms with E-state index in [0.29, 0.717) is 30.9 Å². The highest BCUT2D eigenvalue weighted by molar-refractivity contribution is 5.90. The number of hydrogen-bond acceptors (Lipinski definition) is 4. The van der Waals surface area contributed by atoms with Gasteiger partial charge in [-0.2, -0.15) is 0 Å². The molecule has 0 aliphatic carbocycles. The van der Waals surface area contributed by atoms with Crippen molar-refractivity contribution in [3.63, 3.8) is 0 Å². The molecule has 6 heteroatoms. The minimum absolute atomic E-state index is 0.0143. The molecule has 2 amide bonds. The van der Waals surface area contributed by atoms with Gasteiger partial charge in [0.15, 0.2) is 6.61 Å². The number of likely N-dealkylation sites (N-methyl/N-ethyl adjacent to an activating group) is 1. The van der Waals surface area contributed by atoms with Crippen LogP contribution < -0.4 is 14.8 Å². The van der Waals surface area contributed by atoms with Gasteiger partial charge in [-0.1, -0.05) is 18.2 Å². The summed E-state index contributed by atoms with van der Waals surface area (Å²) in [6.45, 7) is 2.47. The molecule has 0 aliphatic heterocycles. The number of aryl methyl sites for hydroxylation is 1. The molecule has 144 valence electrons. The maximum atomic E-state index is 12.0. The van der Waals surface area contributed by atoms with Gasteiger partial charge in [0.1, 0.15) is 11.5 Å². The predicted molar refractivity (Wildman–Crippen MR) is 105 cm³/mol.